The summed E-state index contributed by atoms with van der Waals surface area (Å²) in [6.45, 7) is 1.92. The third-order valence-electron chi connectivity index (χ3n) is 2.88. The summed E-state index contributed by atoms with van der Waals surface area (Å²) in [7, 11) is 0. The largest absolute Gasteiger partial charge is 0.456 e. The monoisotopic (exact) mass is 258 g/mol. The maximum absolute atomic E-state index is 5.95. The molecular formula is C14H11ClN2O. The lowest BCUT2D eigenvalue weighted by Gasteiger charge is -2.00. The molecule has 90 valence electrons. The Bertz CT molecular complexity index is 734. The van der Waals surface area contributed by atoms with Crippen molar-refractivity contribution in [2.24, 2.45) is 0 Å². The standard InChI is InChI=1S/C14H11ClN2O/c1-8-4-10(7-17-14(8)16)13-6-9-5-11(15)2-3-12(9)18-13/h2-7H,1H3,(H2,16,17). The average Bonchev–Trinajstić information content (AvgIpc) is 2.75. The molecule has 0 saturated heterocycles. The normalized spacial score (nSPS) is 11.0. The Morgan fingerprint density at radius 1 is 1.22 bits per heavy atom. The zero-order chi connectivity index (χ0) is 12.7. The molecule has 3 nitrogen and oxygen atoms in total. The average molecular weight is 259 g/mol. The Morgan fingerprint density at radius 3 is 2.83 bits per heavy atom. The Kier molecular flexibility index (Phi) is 2.49. The van der Waals surface area contributed by atoms with Crippen molar-refractivity contribution < 1.29 is 4.42 Å². The fraction of sp³-hybridized carbons (Fsp3) is 0.0714. The minimum Gasteiger partial charge on any atom is -0.456 e. The minimum atomic E-state index is 0.540. The van der Waals surface area contributed by atoms with Crippen molar-refractivity contribution in [2.45, 2.75) is 6.92 Å². The quantitative estimate of drug-likeness (QED) is 0.717. The van der Waals surface area contributed by atoms with Crippen LogP contribution in [0.5, 0.6) is 0 Å². The first-order valence-electron chi connectivity index (χ1n) is 5.55. The lowest BCUT2D eigenvalue weighted by atomic mass is 10.1. The second kappa shape index (κ2) is 4.03. The number of pyridine rings is 1. The van der Waals surface area contributed by atoms with Crippen molar-refractivity contribution in [3.8, 4) is 11.3 Å². The number of halogens is 1. The Balaban J connectivity index is 2.16. The Hall–Kier alpha value is -2.00. The number of nitrogen functional groups attached to an aromatic ring is 1. The van der Waals surface area contributed by atoms with Crippen molar-refractivity contribution in [1.29, 1.82) is 0 Å². The van der Waals surface area contributed by atoms with Gasteiger partial charge >= 0.3 is 0 Å². The van der Waals surface area contributed by atoms with Gasteiger partial charge in [-0.25, -0.2) is 4.98 Å². The van der Waals surface area contributed by atoms with Crippen molar-refractivity contribution in [3.63, 3.8) is 0 Å². The summed E-state index contributed by atoms with van der Waals surface area (Å²) in [6, 6.07) is 9.46. The zero-order valence-electron chi connectivity index (χ0n) is 9.77. The van der Waals surface area contributed by atoms with Crippen LogP contribution < -0.4 is 5.73 Å². The van der Waals surface area contributed by atoms with Gasteiger partial charge in [0, 0.05) is 22.2 Å². The molecule has 0 amide bonds. The summed E-state index contributed by atoms with van der Waals surface area (Å²) in [4.78, 5) is 4.13. The van der Waals surface area contributed by atoms with Crippen molar-refractivity contribution in [1.82, 2.24) is 4.98 Å². The van der Waals surface area contributed by atoms with Gasteiger partial charge in [0.2, 0.25) is 0 Å². The summed E-state index contributed by atoms with van der Waals surface area (Å²) >= 11 is 5.95. The second-order valence-electron chi connectivity index (χ2n) is 4.22. The molecule has 2 heterocycles. The zero-order valence-corrected chi connectivity index (χ0v) is 10.5. The molecule has 0 saturated carbocycles. The van der Waals surface area contributed by atoms with Gasteiger partial charge in [0.05, 0.1) is 0 Å². The fourth-order valence-corrected chi connectivity index (χ4v) is 2.06. The molecule has 2 N–H and O–H groups in total. The SMILES string of the molecule is Cc1cc(-c2cc3cc(Cl)ccc3o2)cnc1N. The van der Waals surface area contributed by atoms with Gasteiger partial charge in [0.25, 0.3) is 0 Å². The van der Waals surface area contributed by atoms with Crippen molar-refractivity contribution in [2.75, 3.05) is 5.73 Å². The molecule has 0 aliphatic carbocycles. The van der Waals surface area contributed by atoms with E-state index in [1.54, 1.807) is 6.20 Å². The molecule has 0 aliphatic heterocycles. The van der Waals surface area contributed by atoms with E-state index >= 15 is 0 Å². The van der Waals surface area contributed by atoms with Gasteiger partial charge in [-0.05, 0) is 42.8 Å². The molecule has 0 bridgehead atoms. The van der Waals surface area contributed by atoms with Gasteiger partial charge < -0.3 is 10.2 Å². The highest BCUT2D eigenvalue weighted by Crippen LogP contribution is 2.30. The fourth-order valence-electron chi connectivity index (χ4n) is 1.88. The molecule has 0 atom stereocenters. The number of furan rings is 1. The van der Waals surface area contributed by atoms with Crippen LogP contribution in [0.1, 0.15) is 5.56 Å². The smallest absolute Gasteiger partial charge is 0.136 e. The maximum atomic E-state index is 5.95. The van der Waals surface area contributed by atoms with E-state index < -0.39 is 0 Å². The predicted octanol–water partition coefficient (Wildman–Crippen LogP) is 4.04. The topological polar surface area (TPSA) is 52.0 Å². The van der Waals surface area contributed by atoms with Crippen LogP contribution in [0.3, 0.4) is 0 Å². The van der Waals surface area contributed by atoms with E-state index in [-0.39, 0.29) is 0 Å². The Morgan fingerprint density at radius 2 is 2.06 bits per heavy atom. The first kappa shape index (κ1) is 11.1. The highest BCUT2D eigenvalue weighted by molar-refractivity contribution is 6.31. The van der Waals surface area contributed by atoms with Crippen LogP contribution in [0, 0.1) is 6.92 Å². The third kappa shape index (κ3) is 1.83. The van der Waals surface area contributed by atoms with Crippen LogP contribution in [-0.2, 0) is 0 Å². The summed E-state index contributed by atoms with van der Waals surface area (Å²) in [6.07, 6.45) is 1.71. The predicted molar refractivity (Wildman–Crippen MR) is 73.6 cm³/mol. The summed E-state index contributed by atoms with van der Waals surface area (Å²) in [5, 5.41) is 1.67. The van der Waals surface area contributed by atoms with E-state index in [1.807, 2.05) is 37.3 Å². The number of aryl methyl sites for hydroxylation is 1. The molecule has 1 aromatic carbocycles. The molecule has 0 fully saturated rings. The maximum Gasteiger partial charge on any atom is 0.136 e. The van der Waals surface area contributed by atoms with Crippen molar-refractivity contribution in [3.05, 3.63) is 47.1 Å². The molecule has 2 aromatic heterocycles. The van der Waals surface area contributed by atoms with Gasteiger partial charge in [-0.15, -0.1) is 0 Å². The molecule has 4 heteroatoms. The molecule has 0 unspecified atom stereocenters. The number of nitrogens with zero attached hydrogens (tertiary/aromatic N) is 1. The molecule has 0 aliphatic rings. The molecule has 0 radical (unpaired) electrons. The van der Waals surface area contributed by atoms with E-state index in [4.69, 9.17) is 21.8 Å². The van der Waals surface area contributed by atoms with E-state index in [9.17, 15) is 0 Å². The number of fused-ring (bicyclic) bond motifs is 1. The molecule has 0 spiro atoms. The number of aromatic nitrogens is 1. The lowest BCUT2D eigenvalue weighted by molar-refractivity contribution is 0.631. The van der Waals surface area contributed by atoms with Crippen LogP contribution in [0.4, 0.5) is 5.82 Å². The van der Waals surface area contributed by atoms with E-state index in [2.05, 4.69) is 4.98 Å². The van der Waals surface area contributed by atoms with Crippen LogP contribution in [-0.4, -0.2) is 4.98 Å². The van der Waals surface area contributed by atoms with Gasteiger partial charge in [-0.3, -0.25) is 0 Å². The molecular weight excluding hydrogens is 248 g/mol. The van der Waals surface area contributed by atoms with Gasteiger partial charge in [0.15, 0.2) is 0 Å². The van der Waals surface area contributed by atoms with E-state index in [1.165, 1.54) is 0 Å². The minimum absolute atomic E-state index is 0.540. The summed E-state index contributed by atoms with van der Waals surface area (Å²) in [5.74, 6) is 1.31. The van der Waals surface area contributed by atoms with Crippen molar-refractivity contribution >= 4 is 28.4 Å². The van der Waals surface area contributed by atoms with Crippen LogP contribution in [0.15, 0.2) is 40.9 Å². The summed E-state index contributed by atoms with van der Waals surface area (Å²) in [5.41, 5.74) is 8.36. The number of hydrogen-bond acceptors (Lipinski definition) is 3. The van der Waals surface area contributed by atoms with Crippen LogP contribution in [0.25, 0.3) is 22.3 Å². The Labute approximate surface area is 109 Å². The van der Waals surface area contributed by atoms with Crippen LogP contribution in [0.2, 0.25) is 5.02 Å². The highest BCUT2D eigenvalue weighted by atomic mass is 35.5. The first-order chi connectivity index (χ1) is 8.63. The molecule has 18 heavy (non-hydrogen) atoms. The first-order valence-corrected chi connectivity index (χ1v) is 5.93. The van der Waals surface area contributed by atoms with Gasteiger partial charge in [-0.1, -0.05) is 11.6 Å². The summed E-state index contributed by atoms with van der Waals surface area (Å²) < 4.78 is 5.76. The van der Waals surface area contributed by atoms with E-state index in [0.29, 0.717) is 10.8 Å². The lowest BCUT2D eigenvalue weighted by Crippen LogP contribution is -1.93. The molecule has 3 rings (SSSR count). The van der Waals surface area contributed by atoms with Crippen LogP contribution >= 0.6 is 11.6 Å². The molecule has 3 aromatic rings. The number of nitrogens with two attached hydrogens (primary N) is 1. The second-order valence-corrected chi connectivity index (χ2v) is 4.66. The number of hydrogen-bond donors (Lipinski definition) is 1. The third-order valence-corrected chi connectivity index (χ3v) is 3.12. The highest BCUT2D eigenvalue weighted by Gasteiger charge is 2.08. The van der Waals surface area contributed by atoms with E-state index in [0.717, 1.165) is 27.9 Å². The number of anilines is 1. The number of rotatable bonds is 1. The van der Waals surface area contributed by atoms with Gasteiger partial charge in [-0.2, -0.15) is 0 Å². The van der Waals surface area contributed by atoms with Gasteiger partial charge in [0.1, 0.15) is 17.2 Å². The number of benzene rings is 1.